The first-order valence-corrected chi connectivity index (χ1v) is 9.48. The van der Waals surface area contributed by atoms with Gasteiger partial charge in [-0.25, -0.2) is 4.39 Å². The van der Waals surface area contributed by atoms with Gasteiger partial charge in [0.25, 0.3) is 0 Å². The van der Waals surface area contributed by atoms with Gasteiger partial charge >= 0.3 is 0 Å². The number of hydrogen-bond donors (Lipinski definition) is 2. The van der Waals surface area contributed by atoms with Crippen LogP contribution in [0.1, 0.15) is 6.42 Å². The Morgan fingerprint density at radius 2 is 1.78 bits per heavy atom. The van der Waals surface area contributed by atoms with Gasteiger partial charge in [0.15, 0.2) is 0 Å². The van der Waals surface area contributed by atoms with Gasteiger partial charge < -0.3 is 10.6 Å². The fraction of sp³-hybridized carbons (Fsp3) is 0.222. The molecule has 0 saturated heterocycles. The molecule has 0 saturated carbocycles. The molecule has 5 nitrogen and oxygen atoms in total. The highest BCUT2D eigenvalue weighted by Crippen LogP contribution is 2.29. The molecule has 0 radical (unpaired) electrons. The predicted octanol–water partition coefficient (Wildman–Crippen LogP) is 4.79. The fourth-order valence-corrected chi connectivity index (χ4v) is 3.04. The van der Waals surface area contributed by atoms with Crippen LogP contribution in [0.25, 0.3) is 0 Å². The number of anilines is 2. The molecule has 0 bridgehead atoms. The van der Waals surface area contributed by atoms with E-state index in [-0.39, 0.29) is 30.5 Å². The quantitative estimate of drug-likeness (QED) is 0.603. The number of nitrogens with zero attached hydrogens (tertiary/aromatic N) is 1. The van der Waals surface area contributed by atoms with Crippen LogP contribution >= 0.6 is 39.1 Å². The second kappa shape index (κ2) is 10.0. The zero-order chi connectivity index (χ0) is 20.0. The summed E-state index contributed by atoms with van der Waals surface area (Å²) in [6.45, 7) is 0.356. The SMILES string of the molecule is CN(CCC(=O)Nc1ccc(Br)cc1F)CC(=O)Nc1c(Cl)cccc1Cl. The molecular weight excluding hydrogens is 460 g/mol. The van der Waals surface area contributed by atoms with Crippen molar-refractivity contribution in [2.75, 3.05) is 30.8 Å². The van der Waals surface area contributed by atoms with E-state index < -0.39 is 5.82 Å². The topological polar surface area (TPSA) is 61.4 Å². The molecule has 27 heavy (non-hydrogen) atoms. The highest BCUT2D eigenvalue weighted by molar-refractivity contribution is 9.10. The van der Waals surface area contributed by atoms with Crippen molar-refractivity contribution in [2.24, 2.45) is 0 Å². The lowest BCUT2D eigenvalue weighted by atomic mass is 10.3. The maximum atomic E-state index is 13.7. The van der Waals surface area contributed by atoms with E-state index in [4.69, 9.17) is 23.2 Å². The second-order valence-electron chi connectivity index (χ2n) is 5.80. The van der Waals surface area contributed by atoms with Crippen LogP contribution in [0.2, 0.25) is 10.0 Å². The molecule has 2 rings (SSSR count). The van der Waals surface area contributed by atoms with Crippen molar-refractivity contribution in [1.82, 2.24) is 4.90 Å². The molecule has 0 heterocycles. The van der Waals surface area contributed by atoms with Gasteiger partial charge in [0, 0.05) is 17.4 Å². The summed E-state index contributed by atoms with van der Waals surface area (Å²) in [5, 5.41) is 5.84. The first-order valence-electron chi connectivity index (χ1n) is 7.93. The molecule has 9 heteroatoms. The van der Waals surface area contributed by atoms with Crippen LogP contribution in [0.4, 0.5) is 15.8 Å². The number of carbonyl (C=O) groups excluding carboxylic acids is 2. The monoisotopic (exact) mass is 475 g/mol. The summed E-state index contributed by atoms with van der Waals surface area (Å²) in [4.78, 5) is 25.7. The normalized spacial score (nSPS) is 10.7. The lowest BCUT2D eigenvalue weighted by Gasteiger charge is -2.17. The molecular formula is C18H17BrCl2FN3O2. The molecule has 0 atom stereocenters. The number of benzene rings is 2. The van der Waals surface area contributed by atoms with Crippen molar-refractivity contribution in [1.29, 1.82) is 0 Å². The first-order chi connectivity index (χ1) is 12.8. The van der Waals surface area contributed by atoms with Gasteiger partial charge in [0.2, 0.25) is 11.8 Å². The maximum absolute atomic E-state index is 13.7. The van der Waals surface area contributed by atoms with E-state index in [0.29, 0.717) is 26.8 Å². The molecule has 0 aromatic heterocycles. The predicted molar refractivity (Wildman–Crippen MR) is 110 cm³/mol. The van der Waals surface area contributed by atoms with Crippen molar-refractivity contribution >= 4 is 62.3 Å². The van der Waals surface area contributed by atoms with Gasteiger partial charge in [-0.1, -0.05) is 45.2 Å². The molecule has 0 aliphatic heterocycles. The highest BCUT2D eigenvalue weighted by Gasteiger charge is 2.13. The van der Waals surface area contributed by atoms with E-state index in [9.17, 15) is 14.0 Å². The fourth-order valence-electron chi connectivity index (χ4n) is 2.22. The van der Waals surface area contributed by atoms with Crippen molar-refractivity contribution < 1.29 is 14.0 Å². The Balaban J connectivity index is 1.80. The van der Waals surface area contributed by atoms with E-state index >= 15 is 0 Å². The van der Waals surface area contributed by atoms with Crippen LogP contribution in [0.15, 0.2) is 40.9 Å². The number of para-hydroxylation sites is 1. The van der Waals surface area contributed by atoms with Gasteiger partial charge in [-0.15, -0.1) is 0 Å². The first kappa shape index (κ1) is 21.6. The third-order valence-electron chi connectivity index (χ3n) is 3.57. The summed E-state index contributed by atoms with van der Waals surface area (Å²) >= 11 is 15.2. The van der Waals surface area contributed by atoms with Crippen molar-refractivity contribution in [3.05, 3.63) is 56.7 Å². The standard InChI is InChI=1S/C18H17BrCl2FN3O2/c1-25(10-17(27)24-18-12(20)3-2-4-13(18)21)8-7-16(26)23-15-6-5-11(19)9-14(15)22/h2-6,9H,7-8,10H2,1H3,(H,23,26)(H,24,27). The highest BCUT2D eigenvalue weighted by atomic mass is 79.9. The van der Waals surface area contributed by atoms with E-state index in [2.05, 4.69) is 26.6 Å². The number of hydrogen-bond acceptors (Lipinski definition) is 3. The largest absolute Gasteiger partial charge is 0.324 e. The Kier molecular flexibility index (Phi) is 8.04. The number of carbonyl (C=O) groups is 2. The average molecular weight is 477 g/mol. The molecule has 0 aliphatic rings. The molecule has 144 valence electrons. The molecule has 2 aromatic rings. The minimum atomic E-state index is -0.526. The second-order valence-corrected chi connectivity index (χ2v) is 7.54. The van der Waals surface area contributed by atoms with E-state index in [0.717, 1.165) is 0 Å². The molecule has 0 fully saturated rings. The molecule has 0 unspecified atom stereocenters. The van der Waals surface area contributed by atoms with Crippen LogP contribution in [-0.2, 0) is 9.59 Å². The Labute approximate surface area is 175 Å². The van der Waals surface area contributed by atoms with Crippen LogP contribution in [-0.4, -0.2) is 36.9 Å². The van der Waals surface area contributed by atoms with E-state index in [1.54, 1.807) is 36.2 Å². The van der Waals surface area contributed by atoms with Crippen LogP contribution in [0.3, 0.4) is 0 Å². The average Bonchev–Trinajstić information content (AvgIpc) is 2.59. The van der Waals surface area contributed by atoms with Crippen LogP contribution in [0.5, 0.6) is 0 Å². The lowest BCUT2D eigenvalue weighted by molar-refractivity contribution is -0.119. The summed E-state index contributed by atoms with van der Waals surface area (Å²) in [6.07, 6.45) is 0.103. The minimum Gasteiger partial charge on any atom is -0.324 e. The third-order valence-corrected chi connectivity index (χ3v) is 4.69. The zero-order valence-corrected chi connectivity index (χ0v) is 17.5. The van der Waals surface area contributed by atoms with Gasteiger partial charge in [-0.3, -0.25) is 14.5 Å². The molecule has 0 aliphatic carbocycles. The third kappa shape index (κ3) is 6.77. The maximum Gasteiger partial charge on any atom is 0.238 e. The molecule has 2 N–H and O–H groups in total. The van der Waals surface area contributed by atoms with Crippen molar-refractivity contribution in [2.45, 2.75) is 6.42 Å². The van der Waals surface area contributed by atoms with Crippen LogP contribution < -0.4 is 10.6 Å². The minimum absolute atomic E-state index is 0.0431. The number of halogens is 4. The molecule has 2 aromatic carbocycles. The summed E-state index contributed by atoms with van der Waals surface area (Å²) in [5.74, 6) is -1.19. The van der Waals surface area contributed by atoms with Crippen LogP contribution in [0, 0.1) is 5.82 Å². The Bertz CT molecular complexity index is 831. The van der Waals surface area contributed by atoms with Gasteiger partial charge in [0.1, 0.15) is 5.82 Å². The number of likely N-dealkylation sites (N-methyl/N-ethyl adjacent to an activating group) is 1. The summed E-state index contributed by atoms with van der Waals surface area (Å²) < 4.78 is 14.3. The van der Waals surface area contributed by atoms with E-state index in [1.165, 1.54) is 12.1 Å². The van der Waals surface area contributed by atoms with Gasteiger partial charge in [0.05, 0.1) is 28.0 Å². The number of amides is 2. The zero-order valence-electron chi connectivity index (χ0n) is 14.4. The van der Waals surface area contributed by atoms with E-state index in [1.807, 2.05) is 0 Å². The Morgan fingerprint density at radius 3 is 2.41 bits per heavy atom. The molecule has 0 spiro atoms. The number of rotatable bonds is 7. The smallest absolute Gasteiger partial charge is 0.238 e. The van der Waals surface area contributed by atoms with Gasteiger partial charge in [-0.05, 0) is 37.4 Å². The summed E-state index contributed by atoms with van der Waals surface area (Å²) in [7, 11) is 1.70. The Morgan fingerprint density at radius 1 is 1.11 bits per heavy atom. The van der Waals surface area contributed by atoms with Crippen molar-refractivity contribution in [3.63, 3.8) is 0 Å². The Hall–Kier alpha value is -1.67. The number of nitrogens with one attached hydrogen (secondary N) is 2. The lowest BCUT2D eigenvalue weighted by Crippen LogP contribution is -2.32. The van der Waals surface area contributed by atoms with Crippen molar-refractivity contribution in [3.8, 4) is 0 Å². The molecule has 2 amide bonds. The summed E-state index contributed by atoms with van der Waals surface area (Å²) in [6, 6.07) is 9.30. The van der Waals surface area contributed by atoms with Gasteiger partial charge in [-0.2, -0.15) is 0 Å². The summed E-state index contributed by atoms with van der Waals surface area (Å²) in [5.41, 5.74) is 0.458.